The maximum atomic E-state index is 11.4. The van der Waals surface area contributed by atoms with Crippen LogP contribution in [-0.2, 0) is 9.36 Å². The van der Waals surface area contributed by atoms with E-state index < -0.39 is 7.82 Å². The van der Waals surface area contributed by atoms with E-state index >= 15 is 0 Å². The second-order valence-corrected chi connectivity index (χ2v) is 9.69. The van der Waals surface area contributed by atoms with Crippen molar-refractivity contribution in [2.24, 2.45) is 5.92 Å². The van der Waals surface area contributed by atoms with Crippen LogP contribution in [0.1, 0.15) is 90.9 Å². The molecule has 0 aromatic rings. The third kappa shape index (κ3) is 35.7. The third-order valence-electron chi connectivity index (χ3n) is 4.26. The lowest BCUT2D eigenvalue weighted by molar-refractivity contribution is -0.121. The molecule has 0 aromatic carbocycles. The second kappa shape index (κ2) is 22.6. The maximum Gasteiger partial charge on any atom is 0.466 e. The van der Waals surface area contributed by atoms with Crippen molar-refractivity contribution < 1.29 is 29.1 Å². The minimum absolute atomic E-state index is 0.223. The molecule has 0 saturated heterocycles. The molecular formula is C20H44NO6PS. The number of hydrogen-bond acceptors (Lipinski definition) is 4. The van der Waals surface area contributed by atoms with Gasteiger partial charge in [0.25, 0.3) is 0 Å². The number of thioether (sulfide) groups is 1. The fourth-order valence-electron chi connectivity index (χ4n) is 2.56. The van der Waals surface area contributed by atoms with Crippen LogP contribution in [-0.4, -0.2) is 50.4 Å². The minimum atomic E-state index is -4.64. The average Bonchev–Trinajstić information content (AvgIpc) is 2.64. The fraction of sp³-hybridized carbons (Fsp3) is 0.950. The quantitative estimate of drug-likeness (QED) is 0.154. The molecule has 0 fully saturated rings. The Morgan fingerprint density at radius 3 is 1.90 bits per heavy atom. The molecule has 0 heterocycles. The summed E-state index contributed by atoms with van der Waals surface area (Å²) in [6.07, 6.45) is 14.6. The van der Waals surface area contributed by atoms with Crippen LogP contribution < -0.4 is 5.32 Å². The Hall–Kier alpha value is -0.110. The summed E-state index contributed by atoms with van der Waals surface area (Å²) in [5.74, 6) is 3.00. The SMILES string of the molecule is CCCCC(=O)NCCCCCCCCCCCSCC(C)CO.O=P(O)(O)O. The summed E-state index contributed by atoms with van der Waals surface area (Å²) in [6, 6.07) is 0. The van der Waals surface area contributed by atoms with Gasteiger partial charge in [-0.3, -0.25) is 4.79 Å². The number of aliphatic hydroxyl groups is 1. The lowest BCUT2D eigenvalue weighted by atomic mass is 10.1. The number of carbonyl (C=O) groups is 1. The largest absolute Gasteiger partial charge is 0.466 e. The smallest absolute Gasteiger partial charge is 0.396 e. The van der Waals surface area contributed by atoms with Gasteiger partial charge in [0.15, 0.2) is 0 Å². The lowest BCUT2D eigenvalue weighted by Crippen LogP contribution is -2.23. The molecule has 5 N–H and O–H groups in total. The number of unbranched alkanes of at least 4 members (excludes halogenated alkanes) is 9. The van der Waals surface area contributed by atoms with E-state index in [1.54, 1.807) is 0 Å². The van der Waals surface area contributed by atoms with Gasteiger partial charge in [-0.05, 0) is 36.7 Å². The Morgan fingerprint density at radius 2 is 1.41 bits per heavy atom. The molecule has 0 bridgehead atoms. The molecular weight excluding hydrogens is 413 g/mol. The van der Waals surface area contributed by atoms with E-state index in [-0.39, 0.29) is 5.91 Å². The zero-order chi connectivity index (χ0) is 22.4. The number of phosphoric acid groups is 1. The van der Waals surface area contributed by atoms with Gasteiger partial charge in [-0.2, -0.15) is 11.8 Å². The van der Waals surface area contributed by atoms with Crippen LogP contribution in [0.5, 0.6) is 0 Å². The third-order valence-corrected chi connectivity index (χ3v) is 5.64. The number of nitrogens with one attached hydrogen (secondary N) is 1. The van der Waals surface area contributed by atoms with Crippen LogP contribution in [0.2, 0.25) is 0 Å². The number of rotatable bonds is 18. The van der Waals surface area contributed by atoms with Crippen LogP contribution in [0.25, 0.3) is 0 Å². The van der Waals surface area contributed by atoms with E-state index in [0.717, 1.165) is 31.6 Å². The number of carbonyl (C=O) groups excluding carboxylic acids is 1. The molecule has 9 heteroatoms. The maximum absolute atomic E-state index is 11.4. The molecule has 0 aromatic heterocycles. The van der Waals surface area contributed by atoms with Crippen LogP contribution in [0.3, 0.4) is 0 Å². The first-order valence-electron chi connectivity index (χ1n) is 10.9. The van der Waals surface area contributed by atoms with Crippen molar-refractivity contribution in [2.45, 2.75) is 90.9 Å². The highest BCUT2D eigenvalue weighted by atomic mass is 32.2. The molecule has 0 radical (unpaired) electrons. The summed E-state index contributed by atoms with van der Waals surface area (Å²) in [4.78, 5) is 33.0. The van der Waals surface area contributed by atoms with E-state index in [1.807, 2.05) is 11.8 Å². The van der Waals surface area contributed by atoms with Crippen LogP contribution >= 0.6 is 19.6 Å². The summed E-state index contributed by atoms with van der Waals surface area (Å²) in [7, 11) is -4.64. The van der Waals surface area contributed by atoms with E-state index in [1.165, 1.54) is 57.1 Å². The van der Waals surface area contributed by atoms with Crippen LogP contribution in [0.15, 0.2) is 0 Å². The Balaban J connectivity index is 0. The predicted octanol–water partition coefficient (Wildman–Crippen LogP) is 4.24. The van der Waals surface area contributed by atoms with E-state index in [2.05, 4.69) is 19.2 Å². The summed E-state index contributed by atoms with van der Waals surface area (Å²) in [5.41, 5.74) is 0. The molecule has 0 rings (SSSR count). The van der Waals surface area contributed by atoms with E-state index in [9.17, 15) is 4.79 Å². The topological polar surface area (TPSA) is 127 Å². The van der Waals surface area contributed by atoms with Crippen molar-refractivity contribution >= 4 is 25.5 Å². The Labute approximate surface area is 181 Å². The van der Waals surface area contributed by atoms with Crippen molar-refractivity contribution in [1.29, 1.82) is 0 Å². The number of hydrogen-bond donors (Lipinski definition) is 5. The average molecular weight is 458 g/mol. The number of aliphatic hydroxyl groups excluding tert-OH is 1. The van der Waals surface area contributed by atoms with Gasteiger partial charge in [-0.25, -0.2) is 4.57 Å². The molecule has 0 saturated carbocycles. The lowest BCUT2D eigenvalue weighted by Gasteiger charge is -2.07. The Morgan fingerprint density at radius 1 is 0.931 bits per heavy atom. The molecule has 29 heavy (non-hydrogen) atoms. The summed E-state index contributed by atoms with van der Waals surface area (Å²) < 4.78 is 8.88. The first kappa shape index (κ1) is 31.1. The molecule has 1 atom stereocenters. The standard InChI is InChI=1S/C20H41NO2S.H3O4P/c1-3-4-14-20(23)21-15-12-10-8-6-5-7-9-11-13-16-24-18-19(2)17-22;1-5(2,3)4/h19,22H,3-18H2,1-2H3,(H,21,23);(H3,1,2,3,4). The van der Waals surface area contributed by atoms with Gasteiger partial charge in [0, 0.05) is 19.6 Å². The highest BCUT2D eigenvalue weighted by Gasteiger charge is 2.01. The van der Waals surface area contributed by atoms with Crippen molar-refractivity contribution in [3.8, 4) is 0 Å². The fourth-order valence-corrected chi connectivity index (χ4v) is 3.64. The Bertz CT molecular complexity index is 400. The van der Waals surface area contributed by atoms with E-state index in [4.69, 9.17) is 24.4 Å². The van der Waals surface area contributed by atoms with E-state index in [0.29, 0.717) is 18.9 Å². The van der Waals surface area contributed by atoms with Gasteiger partial charge < -0.3 is 25.1 Å². The molecule has 0 aliphatic rings. The molecule has 1 unspecified atom stereocenters. The first-order chi connectivity index (χ1) is 13.7. The summed E-state index contributed by atoms with van der Waals surface area (Å²) in [6.45, 7) is 5.40. The Kier molecular flexibility index (Phi) is 24.2. The summed E-state index contributed by atoms with van der Waals surface area (Å²) in [5, 5.41) is 12.0. The second-order valence-electron chi connectivity index (χ2n) is 7.51. The van der Waals surface area contributed by atoms with Crippen LogP contribution in [0, 0.1) is 5.92 Å². The zero-order valence-electron chi connectivity index (χ0n) is 18.4. The van der Waals surface area contributed by atoms with Gasteiger partial charge >= 0.3 is 7.82 Å². The van der Waals surface area contributed by atoms with Gasteiger partial charge in [-0.1, -0.05) is 65.2 Å². The van der Waals surface area contributed by atoms with Gasteiger partial charge in [0.2, 0.25) is 5.91 Å². The minimum Gasteiger partial charge on any atom is -0.396 e. The predicted molar refractivity (Wildman–Crippen MR) is 122 cm³/mol. The van der Waals surface area contributed by atoms with Gasteiger partial charge in [0.05, 0.1) is 0 Å². The monoisotopic (exact) mass is 457 g/mol. The van der Waals surface area contributed by atoms with Crippen molar-refractivity contribution in [3.05, 3.63) is 0 Å². The highest BCUT2D eigenvalue weighted by molar-refractivity contribution is 7.99. The molecule has 1 amide bonds. The molecule has 7 nitrogen and oxygen atoms in total. The molecule has 176 valence electrons. The van der Waals surface area contributed by atoms with Crippen molar-refractivity contribution in [2.75, 3.05) is 24.7 Å². The van der Waals surface area contributed by atoms with Crippen molar-refractivity contribution in [3.63, 3.8) is 0 Å². The number of amides is 1. The zero-order valence-corrected chi connectivity index (χ0v) is 20.1. The molecule has 0 spiro atoms. The molecule has 0 aliphatic heterocycles. The van der Waals surface area contributed by atoms with Gasteiger partial charge in [-0.15, -0.1) is 0 Å². The normalized spacial score (nSPS) is 12.2. The first-order valence-corrected chi connectivity index (χ1v) is 13.7. The van der Waals surface area contributed by atoms with Crippen LogP contribution in [0.4, 0.5) is 0 Å². The molecule has 0 aliphatic carbocycles. The van der Waals surface area contributed by atoms with Gasteiger partial charge in [0.1, 0.15) is 0 Å². The summed E-state index contributed by atoms with van der Waals surface area (Å²) >= 11 is 1.98. The highest BCUT2D eigenvalue weighted by Crippen LogP contribution is 2.25. The van der Waals surface area contributed by atoms with Crippen molar-refractivity contribution in [1.82, 2.24) is 5.32 Å².